The maximum absolute atomic E-state index is 12.7. The van der Waals surface area contributed by atoms with Gasteiger partial charge in [-0.3, -0.25) is 9.59 Å². The first-order chi connectivity index (χ1) is 15.8. The number of Topliss-reactive ketones (excluding diaryl/α,β-unsaturated/α-hetero) is 1. The molecule has 0 aliphatic heterocycles. The maximum Gasteiger partial charge on any atom is 0.220 e. The summed E-state index contributed by atoms with van der Waals surface area (Å²) in [5.74, 6) is 6.49. The lowest BCUT2D eigenvalue weighted by Gasteiger charge is -2.33. The second-order valence-electron chi connectivity index (χ2n) is 8.14. The number of ketones is 1. The molecule has 1 amide bonds. The van der Waals surface area contributed by atoms with E-state index in [4.69, 9.17) is 21.1 Å². The zero-order chi connectivity index (χ0) is 23.8. The molecule has 0 bridgehead atoms. The van der Waals surface area contributed by atoms with Crippen molar-refractivity contribution in [1.29, 1.82) is 0 Å². The van der Waals surface area contributed by atoms with Crippen LogP contribution in [0.15, 0.2) is 42.5 Å². The second kappa shape index (κ2) is 11.2. The van der Waals surface area contributed by atoms with E-state index in [1.807, 2.05) is 12.1 Å². The number of rotatable bonds is 7. The van der Waals surface area contributed by atoms with Gasteiger partial charge >= 0.3 is 0 Å². The first-order valence-electron chi connectivity index (χ1n) is 10.9. The van der Waals surface area contributed by atoms with Gasteiger partial charge in [0.2, 0.25) is 5.91 Å². The fourth-order valence-corrected chi connectivity index (χ4v) is 4.13. The van der Waals surface area contributed by atoms with Crippen LogP contribution >= 0.6 is 11.6 Å². The third-order valence-electron chi connectivity index (χ3n) is 5.64. The summed E-state index contributed by atoms with van der Waals surface area (Å²) in [5, 5.41) is 14.5. The molecule has 0 heterocycles. The normalized spacial score (nSPS) is 19.7. The number of methoxy groups -OCH3 is 2. The maximum atomic E-state index is 12.7. The van der Waals surface area contributed by atoms with E-state index in [-0.39, 0.29) is 30.6 Å². The van der Waals surface area contributed by atoms with Crippen molar-refractivity contribution < 1.29 is 24.2 Å². The number of benzene rings is 2. The topological polar surface area (TPSA) is 84.9 Å². The Labute approximate surface area is 199 Å². The van der Waals surface area contributed by atoms with Gasteiger partial charge in [-0.05, 0) is 55.7 Å². The van der Waals surface area contributed by atoms with Gasteiger partial charge in [-0.2, -0.15) is 0 Å². The van der Waals surface area contributed by atoms with E-state index >= 15 is 0 Å². The summed E-state index contributed by atoms with van der Waals surface area (Å²) < 4.78 is 10.4. The molecule has 2 atom stereocenters. The van der Waals surface area contributed by atoms with E-state index in [0.29, 0.717) is 34.9 Å². The lowest BCUT2D eigenvalue weighted by atomic mass is 9.82. The van der Waals surface area contributed by atoms with Gasteiger partial charge in [0.15, 0.2) is 5.78 Å². The second-order valence-corrected chi connectivity index (χ2v) is 8.58. The van der Waals surface area contributed by atoms with Crippen LogP contribution in [-0.4, -0.2) is 42.7 Å². The average Bonchev–Trinajstić information content (AvgIpc) is 2.81. The van der Waals surface area contributed by atoms with Crippen LogP contribution in [0, 0.1) is 11.8 Å². The zero-order valence-corrected chi connectivity index (χ0v) is 19.6. The highest BCUT2D eigenvalue weighted by atomic mass is 35.5. The van der Waals surface area contributed by atoms with E-state index in [1.54, 1.807) is 30.3 Å². The number of aliphatic hydroxyl groups is 1. The van der Waals surface area contributed by atoms with Crippen molar-refractivity contribution in [1.82, 2.24) is 5.32 Å². The fourth-order valence-electron chi connectivity index (χ4n) is 3.94. The summed E-state index contributed by atoms with van der Waals surface area (Å²) in [6, 6.07) is 11.9. The Balaban J connectivity index is 1.56. The first-order valence-corrected chi connectivity index (χ1v) is 11.3. The number of amides is 1. The van der Waals surface area contributed by atoms with Crippen LogP contribution in [0.3, 0.4) is 0 Å². The predicted octanol–water partition coefficient (Wildman–Crippen LogP) is 4.16. The van der Waals surface area contributed by atoms with Gasteiger partial charge in [-0.1, -0.05) is 29.5 Å². The molecule has 0 aromatic heterocycles. The Morgan fingerprint density at radius 2 is 2.00 bits per heavy atom. The van der Waals surface area contributed by atoms with E-state index in [0.717, 1.165) is 18.4 Å². The SMILES string of the molecule is COc1ccc(OC)c(C(=O)CCC(=O)N[C@H]2CCCC(O)(C#Cc3cccc(Cl)c3)C2)c1. The molecule has 1 aliphatic carbocycles. The molecule has 1 saturated carbocycles. The van der Waals surface area contributed by atoms with Crippen molar-refractivity contribution in [3.05, 3.63) is 58.6 Å². The summed E-state index contributed by atoms with van der Waals surface area (Å²) in [7, 11) is 3.01. The molecule has 1 fully saturated rings. The van der Waals surface area contributed by atoms with Gasteiger partial charge in [0.05, 0.1) is 19.8 Å². The monoisotopic (exact) mass is 469 g/mol. The predicted molar refractivity (Wildman–Crippen MR) is 127 cm³/mol. The van der Waals surface area contributed by atoms with Crippen LogP contribution < -0.4 is 14.8 Å². The molecular formula is C26H28ClNO5. The Kier molecular flexibility index (Phi) is 8.37. The number of carbonyl (C=O) groups excluding carboxylic acids is 2. The Hall–Kier alpha value is -3.01. The highest BCUT2D eigenvalue weighted by molar-refractivity contribution is 6.30. The highest BCUT2D eigenvalue weighted by Gasteiger charge is 2.33. The standard InChI is InChI=1S/C26H28ClNO5/c1-32-21-8-10-24(33-2)22(16-21)23(29)9-11-25(30)28-20-7-4-13-26(31,17-20)14-12-18-5-3-6-19(27)15-18/h3,5-6,8,10,15-16,20,31H,4,7,9,11,13,17H2,1-2H3,(H,28,30)/t20-,26?/m0/s1. The van der Waals surface area contributed by atoms with Gasteiger partial charge in [-0.25, -0.2) is 0 Å². The highest BCUT2D eigenvalue weighted by Crippen LogP contribution is 2.29. The summed E-state index contributed by atoms with van der Waals surface area (Å²) in [4.78, 5) is 25.2. The quantitative estimate of drug-likeness (QED) is 0.470. The fraction of sp³-hybridized carbons (Fsp3) is 0.385. The first kappa shape index (κ1) is 24.6. The van der Waals surface area contributed by atoms with Gasteiger partial charge < -0.3 is 19.9 Å². The molecule has 0 radical (unpaired) electrons. The van der Waals surface area contributed by atoms with Crippen molar-refractivity contribution in [2.45, 2.75) is 50.2 Å². The smallest absolute Gasteiger partial charge is 0.220 e. The molecule has 6 nitrogen and oxygen atoms in total. The van der Waals surface area contributed by atoms with Gasteiger partial charge in [0.1, 0.15) is 17.1 Å². The average molecular weight is 470 g/mol. The third-order valence-corrected chi connectivity index (χ3v) is 5.88. The molecule has 174 valence electrons. The van der Waals surface area contributed by atoms with E-state index in [2.05, 4.69) is 17.2 Å². The molecule has 2 aromatic rings. The molecule has 3 rings (SSSR count). The molecule has 2 aromatic carbocycles. The summed E-state index contributed by atoms with van der Waals surface area (Å²) in [6.45, 7) is 0. The van der Waals surface area contributed by atoms with Gasteiger partial charge in [0.25, 0.3) is 0 Å². The molecule has 2 N–H and O–H groups in total. The molecule has 0 spiro atoms. The van der Waals surface area contributed by atoms with E-state index in [9.17, 15) is 14.7 Å². The van der Waals surface area contributed by atoms with Crippen molar-refractivity contribution in [3.8, 4) is 23.3 Å². The molecule has 0 saturated heterocycles. The van der Waals surface area contributed by atoms with Crippen LogP contribution in [0.1, 0.15) is 54.4 Å². The van der Waals surface area contributed by atoms with Gasteiger partial charge in [-0.15, -0.1) is 0 Å². The Morgan fingerprint density at radius 1 is 1.18 bits per heavy atom. The van der Waals surface area contributed by atoms with E-state index in [1.165, 1.54) is 14.2 Å². The number of halogens is 1. The van der Waals surface area contributed by atoms with Crippen LogP contribution in [0.25, 0.3) is 0 Å². The van der Waals surface area contributed by atoms with Crippen molar-refractivity contribution in [2.24, 2.45) is 0 Å². The number of nitrogens with one attached hydrogen (secondary N) is 1. The number of carbonyl (C=O) groups is 2. The number of hydrogen-bond acceptors (Lipinski definition) is 5. The van der Waals surface area contributed by atoms with Crippen LogP contribution in [0.5, 0.6) is 11.5 Å². The van der Waals surface area contributed by atoms with Crippen molar-refractivity contribution in [3.63, 3.8) is 0 Å². The minimum absolute atomic E-state index is 0.0426. The lowest BCUT2D eigenvalue weighted by Crippen LogP contribution is -2.45. The number of ether oxygens (including phenoxy) is 2. The molecular weight excluding hydrogens is 442 g/mol. The van der Waals surface area contributed by atoms with Gasteiger partial charge in [0, 0.05) is 35.9 Å². The summed E-state index contributed by atoms with van der Waals surface area (Å²) in [6.07, 6.45) is 2.46. The van der Waals surface area contributed by atoms with Crippen LogP contribution in [0.4, 0.5) is 0 Å². The number of hydrogen-bond donors (Lipinski definition) is 2. The van der Waals surface area contributed by atoms with Crippen molar-refractivity contribution in [2.75, 3.05) is 14.2 Å². The largest absolute Gasteiger partial charge is 0.497 e. The third kappa shape index (κ3) is 6.98. The minimum Gasteiger partial charge on any atom is -0.497 e. The van der Waals surface area contributed by atoms with Crippen molar-refractivity contribution >= 4 is 23.3 Å². The summed E-state index contributed by atoms with van der Waals surface area (Å²) >= 11 is 5.99. The van der Waals surface area contributed by atoms with E-state index < -0.39 is 5.60 Å². The lowest BCUT2D eigenvalue weighted by molar-refractivity contribution is -0.122. The Morgan fingerprint density at radius 3 is 2.73 bits per heavy atom. The van der Waals surface area contributed by atoms with Crippen LogP contribution in [0.2, 0.25) is 5.02 Å². The molecule has 1 unspecified atom stereocenters. The molecule has 33 heavy (non-hydrogen) atoms. The molecule has 7 heteroatoms. The summed E-state index contributed by atoms with van der Waals surface area (Å²) in [5.41, 5.74) is -0.0657. The molecule has 1 aliphatic rings. The Bertz CT molecular complexity index is 1070. The zero-order valence-electron chi connectivity index (χ0n) is 18.8. The van der Waals surface area contributed by atoms with Crippen LogP contribution in [-0.2, 0) is 4.79 Å². The minimum atomic E-state index is -1.18.